The van der Waals surface area contributed by atoms with Crippen molar-refractivity contribution in [3.8, 4) is 5.75 Å². The summed E-state index contributed by atoms with van der Waals surface area (Å²) >= 11 is 1.24. The van der Waals surface area contributed by atoms with Crippen LogP contribution in [0.4, 0.5) is 13.2 Å². The molecule has 4 nitrogen and oxygen atoms in total. The number of rotatable bonds is 6. The van der Waals surface area contributed by atoms with Gasteiger partial charge in [0.2, 0.25) is 0 Å². The number of aromatic nitrogens is 1. The number of ether oxygens (including phenoxy) is 1. The van der Waals surface area contributed by atoms with Crippen molar-refractivity contribution in [1.29, 1.82) is 0 Å². The SMILES string of the molecule is CCN(CC)C(=O)c1csc(COc2cccc(C(F)(F)F)c2)n1. The number of benzene rings is 1. The van der Waals surface area contributed by atoms with Crippen LogP contribution in [0.5, 0.6) is 5.75 Å². The number of nitrogens with zero attached hydrogens (tertiary/aromatic N) is 2. The summed E-state index contributed by atoms with van der Waals surface area (Å²) in [5.74, 6) is -0.0572. The van der Waals surface area contributed by atoms with Crippen molar-refractivity contribution in [2.45, 2.75) is 26.6 Å². The van der Waals surface area contributed by atoms with Crippen LogP contribution in [0.2, 0.25) is 0 Å². The molecule has 2 rings (SSSR count). The summed E-state index contributed by atoms with van der Waals surface area (Å²) in [6.07, 6.45) is -4.41. The Bertz CT molecular complexity index is 697. The normalized spacial score (nSPS) is 11.4. The Hall–Kier alpha value is -2.09. The first-order chi connectivity index (χ1) is 11.3. The summed E-state index contributed by atoms with van der Waals surface area (Å²) in [7, 11) is 0. The van der Waals surface area contributed by atoms with E-state index in [1.54, 1.807) is 10.3 Å². The maximum Gasteiger partial charge on any atom is 0.416 e. The molecule has 1 aromatic carbocycles. The first kappa shape index (κ1) is 18.3. The summed E-state index contributed by atoms with van der Waals surface area (Å²) in [6.45, 7) is 4.94. The monoisotopic (exact) mass is 358 g/mol. The van der Waals surface area contributed by atoms with E-state index in [1.807, 2.05) is 13.8 Å². The second-order valence-corrected chi connectivity index (χ2v) is 5.86. The van der Waals surface area contributed by atoms with Crippen molar-refractivity contribution in [2.75, 3.05) is 13.1 Å². The zero-order chi connectivity index (χ0) is 17.7. The van der Waals surface area contributed by atoms with E-state index < -0.39 is 11.7 Å². The van der Waals surface area contributed by atoms with E-state index in [1.165, 1.54) is 23.5 Å². The molecule has 1 aromatic heterocycles. The lowest BCUT2D eigenvalue weighted by atomic mass is 10.2. The van der Waals surface area contributed by atoms with Crippen LogP contribution in [0.15, 0.2) is 29.6 Å². The van der Waals surface area contributed by atoms with E-state index in [4.69, 9.17) is 4.74 Å². The van der Waals surface area contributed by atoms with Gasteiger partial charge in [-0.05, 0) is 32.0 Å². The number of hydrogen-bond donors (Lipinski definition) is 0. The maximum absolute atomic E-state index is 12.7. The molecular formula is C16H17F3N2O2S. The molecule has 0 N–H and O–H groups in total. The van der Waals surface area contributed by atoms with Crippen LogP contribution in [0.3, 0.4) is 0 Å². The second kappa shape index (κ2) is 7.65. The predicted molar refractivity (Wildman–Crippen MR) is 85.1 cm³/mol. The minimum absolute atomic E-state index is 0.0114. The van der Waals surface area contributed by atoms with Crippen LogP contribution in [0, 0.1) is 0 Å². The molecule has 1 heterocycles. The van der Waals surface area contributed by atoms with Gasteiger partial charge in [-0.25, -0.2) is 4.98 Å². The number of alkyl halides is 3. The average Bonchev–Trinajstić information content (AvgIpc) is 3.02. The topological polar surface area (TPSA) is 42.4 Å². The number of carbonyl (C=O) groups is 1. The molecule has 0 aliphatic rings. The highest BCUT2D eigenvalue weighted by Gasteiger charge is 2.30. The summed E-state index contributed by atoms with van der Waals surface area (Å²) < 4.78 is 43.3. The summed E-state index contributed by atoms with van der Waals surface area (Å²) in [5.41, 5.74) is -0.442. The fourth-order valence-corrected chi connectivity index (χ4v) is 2.73. The molecular weight excluding hydrogens is 341 g/mol. The van der Waals surface area contributed by atoms with Gasteiger partial charge in [0.15, 0.2) is 0 Å². The first-order valence-electron chi connectivity index (χ1n) is 7.38. The van der Waals surface area contributed by atoms with Gasteiger partial charge in [0.05, 0.1) is 5.56 Å². The Morgan fingerprint density at radius 2 is 2.00 bits per heavy atom. The lowest BCUT2D eigenvalue weighted by Gasteiger charge is -2.16. The fourth-order valence-electron chi connectivity index (χ4n) is 2.06. The van der Waals surface area contributed by atoms with Gasteiger partial charge < -0.3 is 9.64 Å². The van der Waals surface area contributed by atoms with E-state index in [2.05, 4.69) is 4.98 Å². The van der Waals surface area contributed by atoms with Crippen molar-refractivity contribution < 1.29 is 22.7 Å². The number of hydrogen-bond acceptors (Lipinski definition) is 4. The van der Waals surface area contributed by atoms with Crippen LogP contribution in [0.25, 0.3) is 0 Å². The number of amides is 1. The van der Waals surface area contributed by atoms with E-state index >= 15 is 0 Å². The lowest BCUT2D eigenvalue weighted by molar-refractivity contribution is -0.137. The molecule has 0 spiro atoms. The van der Waals surface area contributed by atoms with Crippen LogP contribution in [0.1, 0.15) is 34.9 Å². The molecule has 1 amide bonds. The molecule has 24 heavy (non-hydrogen) atoms. The molecule has 0 aliphatic heterocycles. The van der Waals surface area contributed by atoms with Gasteiger partial charge in [-0.15, -0.1) is 11.3 Å². The van der Waals surface area contributed by atoms with Gasteiger partial charge >= 0.3 is 6.18 Å². The Morgan fingerprint density at radius 3 is 2.62 bits per heavy atom. The van der Waals surface area contributed by atoms with Crippen molar-refractivity contribution in [1.82, 2.24) is 9.88 Å². The van der Waals surface area contributed by atoms with Crippen LogP contribution < -0.4 is 4.74 Å². The minimum atomic E-state index is -4.41. The summed E-state index contributed by atoms with van der Waals surface area (Å²) in [5, 5.41) is 2.16. The highest BCUT2D eigenvalue weighted by Crippen LogP contribution is 2.31. The summed E-state index contributed by atoms with van der Waals surface area (Å²) in [4.78, 5) is 18.0. The quantitative estimate of drug-likeness (QED) is 0.776. The Balaban J connectivity index is 2.02. The van der Waals surface area contributed by atoms with E-state index in [0.29, 0.717) is 23.8 Å². The van der Waals surface area contributed by atoms with E-state index in [-0.39, 0.29) is 18.3 Å². The van der Waals surface area contributed by atoms with Crippen molar-refractivity contribution in [2.24, 2.45) is 0 Å². The number of thiazole rings is 1. The minimum Gasteiger partial charge on any atom is -0.486 e. The Labute approximate surface area is 141 Å². The van der Waals surface area contributed by atoms with Crippen LogP contribution in [-0.4, -0.2) is 28.9 Å². The number of carbonyl (C=O) groups excluding carboxylic acids is 1. The molecule has 0 unspecified atom stereocenters. The molecule has 0 saturated carbocycles. The standard InChI is InChI=1S/C16H17F3N2O2S/c1-3-21(4-2)15(22)13-10-24-14(20-13)9-23-12-7-5-6-11(8-12)16(17,18)19/h5-8,10H,3-4,9H2,1-2H3. The molecule has 8 heteroatoms. The second-order valence-electron chi connectivity index (χ2n) is 4.92. The average molecular weight is 358 g/mol. The van der Waals surface area contributed by atoms with Gasteiger partial charge in [0.1, 0.15) is 23.1 Å². The van der Waals surface area contributed by atoms with E-state index in [9.17, 15) is 18.0 Å². The molecule has 2 aromatic rings. The zero-order valence-corrected chi connectivity index (χ0v) is 14.1. The summed E-state index contributed by atoms with van der Waals surface area (Å²) in [6, 6.07) is 4.66. The number of halogens is 3. The lowest BCUT2D eigenvalue weighted by Crippen LogP contribution is -2.30. The highest BCUT2D eigenvalue weighted by atomic mass is 32.1. The van der Waals surface area contributed by atoms with E-state index in [0.717, 1.165) is 12.1 Å². The van der Waals surface area contributed by atoms with Gasteiger partial charge in [-0.1, -0.05) is 6.07 Å². The largest absolute Gasteiger partial charge is 0.486 e. The fraction of sp³-hybridized carbons (Fsp3) is 0.375. The molecule has 0 saturated heterocycles. The molecule has 0 radical (unpaired) electrons. The third-order valence-electron chi connectivity index (χ3n) is 3.35. The first-order valence-corrected chi connectivity index (χ1v) is 8.26. The van der Waals surface area contributed by atoms with Gasteiger partial charge in [-0.2, -0.15) is 13.2 Å². The van der Waals surface area contributed by atoms with Crippen LogP contribution in [-0.2, 0) is 12.8 Å². The molecule has 130 valence electrons. The molecule has 0 fully saturated rings. The molecule has 0 bridgehead atoms. The third-order valence-corrected chi connectivity index (χ3v) is 4.17. The third kappa shape index (κ3) is 4.47. The van der Waals surface area contributed by atoms with Crippen LogP contribution >= 0.6 is 11.3 Å². The van der Waals surface area contributed by atoms with Crippen molar-refractivity contribution in [3.63, 3.8) is 0 Å². The Kier molecular flexibility index (Phi) is 5.82. The van der Waals surface area contributed by atoms with Gasteiger partial charge in [-0.3, -0.25) is 4.79 Å². The molecule has 0 atom stereocenters. The Morgan fingerprint density at radius 1 is 1.29 bits per heavy atom. The molecule has 0 aliphatic carbocycles. The van der Waals surface area contributed by atoms with Gasteiger partial charge in [0.25, 0.3) is 5.91 Å². The zero-order valence-electron chi connectivity index (χ0n) is 13.3. The van der Waals surface area contributed by atoms with Crippen molar-refractivity contribution >= 4 is 17.2 Å². The van der Waals surface area contributed by atoms with Gasteiger partial charge in [0, 0.05) is 18.5 Å². The smallest absolute Gasteiger partial charge is 0.416 e. The maximum atomic E-state index is 12.7. The predicted octanol–water partition coefficient (Wildman–Crippen LogP) is 4.22. The highest BCUT2D eigenvalue weighted by molar-refractivity contribution is 7.09. The van der Waals surface area contributed by atoms with Crippen molar-refractivity contribution in [3.05, 3.63) is 45.9 Å².